The minimum atomic E-state index is -0.404. The molecule has 1 aliphatic heterocycles. The Balaban J connectivity index is 0.000000192. The number of aryl methyl sites for hydroxylation is 4. The average Bonchev–Trinajstić information content (AvgIpc) is 1.70. The number of nitrogens with one attached hydrogen (secondary N) is 1. The van der Waals surface area contributed by atoms with Gasteiger partial charge in [0.25, 0.3) is 0 Å². The van der Waals surface area contributed by atoms with Gasteiger partial charge in [0, 0.05) is 120 Å². The molecule has 482 valence electrons. The van der Waals surface area contributed by atoms with Crippen LogP contribution in [-0.2, 0) is 16.5 Å². The molecule has 0 saturated heterocycles. The number of alkyl halides is 1. The lowest BCUT2D eigenvalue weighted by molar-refractivity contribution is -0.582. The molecular weight excluding hydrogens is 1320 g/mol. The van der Waals surface area contributed by atoms with Crippen LogP contribution in [0.15, 0.2) is 146 Å². The summed E-state index contributed by atoms with van der Waals surface area (Å²) in [6.07, 6.45) is 25.6. The molecule has 4 aliphatic rings. The van der Waals surface area contributed by atoms with Gasteiger partial charge in [0.15, 0.2) is 22.8 Å². The SMILES string of the molecule is C=CC(c1nccc(Cl)c1C)C1CC1.CC(=O)C1=CC(C2CC2)c2c(C)c(Cl)cc[n+]2C1=O.Cc1[nH]ccc(=O)c1C.Cc1c(Cl)ccnc1CBr.Cc1c(Cl)ccnc1CC1CC1.Cc1nccc(Cl)c1C.Cc1occc(=O)c1C.Cc1occc(=O)c1O. The number of halogens is 6. The molecule has 91 heavy (non-hydrogen) atoms. The fourth-order valence-electron chi connectivity index (χ4n) is 9.03. The topological polar surface area (TPSA) is 203 Å². The van der Waals surface area contributed by atoms with Crippen LogP contribution in [0.25, 0.3) is 0 Å². The van der Waals surface area contributed by atoms with E-state index in [2.05, 4.69) is 51.8 Å². The number of aromatic hydroxyl groups is 1. The zero-order valence-corrected chi connectivity index (χ0v) is 58.8. The molecule has 0 spiro atoms. The zero-order chi connectivity index (χ0) is 67.4. The second-order valence-corrected chi connectivity index (χ2v) is 25.1. The van der Waals surface area contributed by atoms with Crippen molar-refractivity contribution < 1.29 is 28.1 Å². The summed E-state index contributed by atoms with van der Waals surface area (Å²) in [5, 5.41) is 13.5. The van der Waals surface area contributed by atoms with Gasteiger partial charge in [-0.05, 0) is 198 Å². The standard InChI is InChI=1S/C15H15ClNO2.C12H14ClN.C10H12ClN.C7H7BrClN.C7H8ClN.C7H9NO.C7H8O2.C6H6O3/c1-8-13(16)5-6-17-14(8)12(10-3-4-10)7-11(9(2)18)15(17)19;1-3-10(9-4-5-9)12-8(2)11(13)6-7-14-12;1-7-9(11)4-5-12-10(7)6-8-2-3-8;1-5-6(9)2-3-10-7(5)4-8;1-5-6(2)9-4-3-7(5)8;1-5-6(2)8-4-3-7(5)9;1-5-6(2)9-4-3-7(5)8;1-4-6(8)5(7)2-3-9-4/h5-7,10,12H,3-4H2,1-2H3;3,6-7,9-10H,1,4-5H2,2H3;4-5,8H,2-3,6H2,1H3;2-3H,4H2,1H3;3-4H,1-2H3;3-4H,1-2H3,(H,8,9);3-4H,1-2H3;2-3,8H,1H3/q+1;;;;;;;. The largest absolute Gasteiger partial charge is 0.502 e. The molecule has 0 bridgehead atoms. The maximum Gasteiger partial charge on any atom is 0.428 e. The Hall–Kier alpha value is -6.85. The molecule has 8 aromatic heterocycles. The summed E-state index contributed by atoms with van der Waals surface area (Å²) in [6.45, 7) is 26.0. The van der Waals surface area contributed by atoms with Gasteiger partial charge in [-0.2, -0.15) is 0 Å². The third-order valence-corrected chi connectivity index (χ3v) is 18.5. The van der Waals surface area contributed by atoms with E-state index >= 15 is 0 Å². The molecule has 0 radical (unpaired) electrons. The highest BCUT2D eigenvalue weighted by Crippen LogP contribution is 2.46. The van der Waals surface area contributed by atoms with Crippen molar-refractivity contribution in [2.45, 2.75) is 145 Å². The Morgan fingerprint density at radius 2 is 1.15 bits per heavy atom. The van der Waals surface area contributed by atoms with Crippen LogP contribution in [0.4, 0.5) is 0 Å². The number of H-pyrrole nitrogens is 1. The van der Waals surface area contributed by atoms with Gasteiger partial charge in [0.1, 0.15) is 17.1 Å². The molecule has 2 N–H and O–H groups in total. The van der Waals surface area contributed by atoms with Gasteiger partial charge in [-0.15, -0.1) is 11.1 Å². The number of Topliss-reactive ketones (excluding diaryl/α,β-unsaturated/α-hetero) is 1. The Morgan fingerprint density at radius 3 is 1.62 bits per heavy atom. The first kappa shape index (κ1) is 74.9. The van der Waals surface area contributed by atoms with E-state index in [9.17, 15) is 24.0 Å². The molecule has 20 heteroatoms. The highest BCUT2D eigenvalue weighted by atomic mass is 79.9. The number of nitrogens with zero attached hydrogens (tertiary/aromatic N) is 5. The molecule has 3 fully saturated rings. The number of aromatic amines is 1. The number of aromatic nitrogens is 6. The second kappa shape index (κ2) is 35.8. The van der Waals surface area contributed by atoms with Crippen molar-refractivity contribution in [1.29, 1.82) is 0 Å². The maximum absolute atomic E-state index is 12.3. The second-order valence-electron chi connectivity index (χ2n) is 22.5. The van der Waals surface area contributed by atoms with Gasteiger partial charge in [-0.25, -0.2) is 4.79 Å². The number of carbonyl (C=O) groups excluding carboxylic acids is 2. The van der Waals surface area contributed by atoms with Crippen LogP contribution in [0.5, 0.6) is 5.75 Å². The van der Waals surface area contributed by atoms with Crippen LogP contribution >= 0.6 is 73.9 Å². The zero-order valence-electron chi connectivity index (χ0n) is 53.5. The Labute approximate surface area is 566 Å². The first-order chi connectivity index (χ1) is 43.1. The van der Waals surface area contributed by atoms with E-state index in [1.165, 1.54) is 76.0 Å². The quantitative estimate of drug-likeness (QED) is 0.0631. The van der Waals surface area contributed by atoms with E-state index in [0.717, 1.165) is 118 Å². The highest BCUT2D eigenvalue weighted by molar-refractivity contribution is 9.08. The van der Waals surface area contributed by atoms with Crippen molar-refractivity contribution in [3.8, 4) is 5.75 Å². The van der Waals surface area contributed by atoms with Crippen LogP contribution in [0.2, 0.25) is 25.1 Å². The van der Waals surface area contributed by atoms with Crippen molar-refractivity contribution in [2.24, 2.45) is 17.8 Å². The Kier molecular flexibility index (Phi) is 29.5. The van der Waals surface area contributed by atoms with Crippen LogP contribution in [-0.4, -0.2) is 41.7 Å². The number of rotatable bonds is 8. The number of hydrogen-bond donors (Lipinski definition) is 2. The number of carbonyl (C=O) groups is 2. The lowest BCUT2D eigenvalue weighted by Gasteiger charge is -2.18. The lowest BCUT2D eigenvalue weighted by atomic mass is 9.88. The first-order valence-electron chi connectivity index (χ1n) is 29.7. The normalized spacial score (nSPS) is 14.4. The molecule has 8 aromatic rings. The summed E-state index contributed by atoms with van der Waals surface area (Å²) in [6, 6.07) is 13.1. The lowest BCUT2D eigenvalue weighted by Crippen LogP contribution is -2.51. The third kappa shape index (κ3) is 22.2. The molecule has 2 unspecified atom stereocenters. The first-order valence-corrected chi connectivity index (χ1v) is 32.7. The Bertz CT molecular complexity index is 3900. The number of allylic oxidation sites excluding steroid dienone is 3. The van der Waals surface area contributed by atoms with E-state index in [1.807, 2.05) is 79.7 Å². The van der Waals surface area contributed by atoms with Crippen molar-refractivity contribution in [3.63, 3.8) is 0 Å². The number of ketones is 1. The van der Waals surface area contributed by atoms with Gasteiger partial charge in [-0.1, -0.05) is 80.0 Å². The maximum atomic E-state index is 12.3. The average molecular weight is 1400 g/mol. The number of hydrogen-bond acceptors (Lipinski definition) is 12. The summed E-state index contributed by atoms with van der Waals surface area (Å²) in [5.41, 5.74) is 13.1. The number of fused-ring (bicyclic) bond motifs is 1. The van der Waals surface area contributed by atoms with Crippen molar-refractivity contribution in [3.05, 3.63) is 263 Å². The molecule has 2 atom stereocenters. The fourth-order valence-corrected chi connectivity index (χ4v) is 10.4. The molecule has 3 saturated carbocycles. The predicted molar refractivity (Wildman–Crippen MR) is 369 cm³/mol. The van der Waals surface area contributed by atoms with Gasteiger partial charge >= 0.3 is 5.91 Å². The van der Waals surface area contributed by atoms with Gasteiger partial charge in [-0.3, -0.25) is 39.1 Å². The van der Waals surface area contributed by atoms with E-state index in [4.69, 9.17) is 67.5 Å². The minimum Gasteiger partial charge on any atom is -0.502 e. The molecule has 0 aromatic carbocycles. The van der Waals surface area contributed by atoms with Crippen molar-refractivity contribution >= 4 is 85.6 Å². The number of pyridine rings is 6. The monoisotopic (exact) mass is 1400 g/mol. The molecule has 3 aliphatic carbocycles. The predicted octanol–water partition coefficient (Wildman–Crippen LogP) is 17.5. The summed E-state index contributed by atoms with van der Waals surface area (Å²) >= 11 is 33.1. The van der Waals surface area contributed by atoms with Crippen molar-refractivity contribution in [2.75, 3.05) is 0 Å². The summed E-state index contributed by atoms with van der Waals surface area (Å²) in [4.78, 5) is 76.0. The molecule has 12 rings (SSSR count). The van der Waals surface area contributed by atoms with Gasteiger partial charge < -0.3 is 18.9 Å². The minimum absolute atomic E-state index is 0.0405. The van der Waals surface area contributed by atoms with Crippen molar-refractivity contribution in [1.82, 2.24) is 24.9 Å². The molecule has 0 amide bonds. The molecule has 9 heterocycles. The van der Waals surface area contributed by atoms with Gasteiger partial charge in [0.2, 0.25) is 16.9 Å². The molecule has 14 nitrogen and oxygen atoms in total. The smallest absolute Gasteiger partial charge is 0.428 e. The van der Waals surface area contributed by atoms with Crippen LogP contribution in [0, 0.1) is 93.9 Å². The van der Waals surface area contributed by atoms with Crippen LogP contribution < -0.4 is 20.9 Å². The van der Waals surface area contributed by atoms with Crippen LogP contribution in [0.3, 0.4) is 0 Å². The van der Waals surface area contributed by atoms with E-state index in [1.54, 1.807) is 73.8 Å². The highest BCUT2D eigenvalue weighted by Gasteiger charge is 2.45. The van der Waals surface area contributed by atoms with E-state index in [-0.39, 0.29) is 40.0 Å². The fraction of sp³-hybridized carbons (Fsp3) is 0.352. The third-order valence-electron chi connectivity index (χ3n) is 15.9. The summed E-state index contributed by atoms with van der Waals surface area (Å²) < 4.78 is 11.2. The summed E-state index contributed by atoms with van der Waals surface area (Å²) in [7, 11) is 0. The Morgan fingerprint density at radius 1 is 0.637 bits per heavy atom. The molecular formula is C71H79BrCl5N6O8+. The van der Waals surface area contributed by atoms with E-state index < -0.39 is 5.43 Å². The van der Waals surface area contributed by atoms with Crippen LogP contribution in [0.1, 0.15) is 147 Å². The summed E-state index contributed by atoms with van der Waals surface area (Å²) in [5.74, 6) is 2.93. The van der Waals surface area contributed by atoms with Gasteiger partial charge in [0.05, 0.1) is 34.9 Å². The van der Waals surface area contributed by atoms with E-state index in [0.29, 0.717) is 33.8 Å².